The quantitative estimate of drug-likeness (QED) is 0.450. The van der Waals surface area contributed by atoms with E-state index in [0.717, 1.165) is 68.3 Å². The third-order valence-corrected chi connectivity index (χ3v) is 5.46. The number of ether oxygens (including phenoxy) is 2. The molecule has 1 fully saturated rings. The van der Waals surface area contributed by atoms with Crippen molar-refractivity contribution < 1.29 is 19.1 Å². The fourth-order valence-corrected chi connectivity index (χ4v) is 3.82. The molecule has 0 spiro atoms. The van der Waals surface area contributed by atoms with Crippen LogP contribution in [0.25, 0.3) is 0 Å². The second kappa shape index (κ2) is 12.1. The van der Waals surface area contributed by atoms with Crippen molar-refractivity contribution >= 4 is 23.3 Å². The molecule has 0 radical (unpaired) electrons. The van der Waals surface area contributed by atoms with Crippen molar-refractivity contribution in [3.05, 3.63) is 54.1 Å². The number of hydrogen-bond acceptors (Lipinski definition) is 6. The summed E-state index contributed by atoms with van der Waals surface area (Å²) in [5.41, 5.74) is 2.85. The van der Waals surface area contributed by atoms with Crippen molar-refractivity contribution in [2.24, 2.45) is 0 Å². The number of esters is 1. The molecule has 0 bridgehead atoms. The lowest BCUT2D eigenvalue weighted by molar-refractivity contribution is -0.142. The maximum absolute atomic E-state index is 11.5. The maximum Gasteiger partial charge on any atom is 0.302 e. The van der Waals surface area contributed by atoms with E-state index in [4.69, 9.17) is 9.47 Å². The molecule has 1 N–H and O–H groups in total. The monoisotopic (exact) mass is 439 g/mol. The van der Waals surface area contributed by atoms with E-state index in [1.165, 1.54) is 13.8 Å². The third-order valence-electron chi connectivity index (χ3n) is 5.46. The van der Waals surface area contributed by atoms with E-state index in [2.05, 4.69) is 21.2 Å². The Kier molecular flexibility index (Phi) is 8.92. The van der Waals surface area contributed by atoms with E-state index in [9.17, 15) is 9.59 Å². The second-order valence-electron chi connectivity index (χ2n) is 7.97. The Bertz CT molecular complexity index is 894. The van der Waals surface area contributed by atoms with Crippen molar-refractivity contribution in [2.75, 3.05) is 49.5 Å². The molecule has 2 aromatic rings. The summed E-state index contributed by atoms with van der Waals surface area (Å²) < 4.78 is 11.0. The molecule has 1 aliphatic heterocycles. The highest BCUT2D eigenvalue weighted by Crippen LogP contribution is 2.26. The summed E-state index contributed by atoms with van der Waals surface area (Å²) in [6.07, 6.45) is 2.03. The average molecular weight is 440 g/mol. The van der Waals surface area contributed by atoms with Crippen molar-refractivity contribution in [2.45, 2.75) is 33.3 Å². The Hall–Kier alpha value is -3.06. The first-order valence-corrected chi connectivity index (χ1v) is 11.2. The van der Waals surface area contributed by atoms with Crippen molar-refractivity contribution in [3.8, 4) is 5.75 Å². The maximum atomic E-state index is 11.5. The first kappa shape index (κ1) is 23.6. The third kappa shape index (κ3) is 7.27. The van der Waals surface area contributed by atoms with Gasteiger partial charge in [0.15, 0.2) is 0 Å². The molecule has 7 heteroatoms. The minimum atomic E-state index is -0.293. The van der Waals surface area contributed by atoms with Crippen molar-refractivity contribution in [1.29, 1.82) is 0 Å². The minimum Gasteiger partial charge on any atom is -0.493 e. The summed E-state index contributed by atoms with van der Waals surface area (Å²) in [5, 5.41) is 2.93. The van der Waals surface area contributed by atoms with Gasteiger partial charge < -0.3 is 19.7 Å². The van der Waals surface area contributed by atoms with Crippen LogP contribution in [-0.4, -0.2) is 56.1 Å². The summed E-state index contributed by atoms with van der Waals surface area (Å²) >= 11 is 0. The number of nitrogens with zero attached hydrogens (tertiary/aromatic N) is 2. The fourth-order valence-electron chi connectivity index (χ4n) is 3.82. The predicted octanol–water partition coefficient (Wildman–Crippen LogP) is 3.69. The Labute approximate surface area is 190 Å². The number of hydrogen-bond donors (Lipinski definition) is 1. The lowest BCUT2D eigenvalue weighted by Gasteiger charge is -2.37. The molecule has 1 heterocycles. The smallest absolute Gasteiger partial charge is 0.302 e. The molecule has 0 unspecified atom stereocenters. The summed E-state index contributed by atoms with van der Waals surface area (Å²) in [7, 11) is 0. The molecule has 32 heavy (non-hydrogen) atoms. The van der Waals surface area contributed by atoms with Crippen LogP contribution >= 0.6 is 0 Å². The summed E-state index contributed by atoms with van der Waals surface area (Å²) in [6.45, 7) is 8.75. The van der Waals surface area contributed by atoms with Gasteiger partial charge in [-0.1, -0.05) is 30.3 Å². The van der Waals surface area contributed by atoms with Gasteiger partial charge in [0.25, 0.3) is 0 Å². The van der Waals surface area contributed by atoms with Gasteiger partial charge >= 0.3 is 5.97 Å². The molecule has 1 saturated heterocycles. The number of carbonyl (C=O) groups excluding carboxylic acids is 2. The van der Waals surface area contributed by atoms with Crippen LogP contribution in [0.2, 0.25) is 0 Å². The van der Waals surface area contributed by atoms with Crippen LogP contribution in [0.1, 0.15) is 32.3 Å². The fraction of sp³-hybridized carbons (Fsp3) is 0.440. The van der Waals surface area contributed by atoms with Crippen LogP contribution in [0.15, 0.2) is 48.5 Å². The molecule has 1 aliphatic rings. The highest BCUT2D eigenvalue weighted by atomic mass is 16.5. The van der Waals surface area contributed by atoms with Gasteiger partial charge in [0.2, 0.25) is 5.91 Å². The standard InChI is InChI=1S/C25H33N3O4/c1-20(29)26-23-10-4-5-11-24(23)28-16-14-27(15-17-28)13-7-8-18-31-25-12-6-3-9-22(25)19-32-21(2)30/h3-6,9-12H,7-8,13-19H2,1-2H3,(H,26,29). The van der Waals surface area contributed by atoms with Crippen LogP contribution in [0, 0.1) is 0 Å². The van der Waals surface area contributed by atoms with Gasteiger partial charge in [0.1, 0.15) is 12.4 Å². The summed E-state index contributed by atoms with van der Waals surface area (Å²) in [5.74, 6) is 0.436. The SMILES string of the molecule is CC(=O)Nc1ccccc1N1CCN(CCCCOc2ccccc2COC(C)=O)CC1. The number of nitrogens with one attached hydrogen (secondary N) is 1. The topological polar surface area (TPSA) is 71.1 Å². The van der Waals surface area contributed by atoms with E-state index in [1.54, 1.807) is 0 Å². The number of rotatable bonds is 10. The van der Waals surface area contributed by atoms with E-state index in [0.29, 0.717) is 6.61 Å². The average Bonchev–Trinajstić information content (AvgIpc) is 2.78. The number of anilines is 2. The molecule has 3 rings (SSSR count). The zero-order valence-electron chi connectivity index (χ0n) is 19.0. The second-order valence-corrected chi connectivity index (χ2v) is 7.97. The molecule has 7 nitrogen and oxygen atoms in total. The largest absolute Gasteiger partial charge is 0.493 e. The van der Waals surface area contributed by atoms with Gasteiger partial charge in [-0.15, -0.1) is 0 Å². The van der Waals surface area contributed by atoms with Crippen molar-refractivity contribution in [3.63, 3.8) is 0 Å². The molecule has 2 aromatic carbocycles. The van der Waals surface area contributed by atoms with E-state index in [-0.39, 0.29) is 18.5 Å². The highest BCUT2D eigenvalue weighted by Gasteiger charge is 2.19. The van der Waals surface area contributed by atoms with Crippen LogP contribution in [-0.2, 0) is 20.9 Å². The summed E-state index contributed by atoms with van der Waals surface area (Å²) in [4.78, 5) is 27.3. The number of benzene rings is 2. The van der Waals surface area contributed by atoms with Gasteiger partial charge in [0.05, 0.1) is 18.0 Å². The lowest BCUT2D eigenvalue weighted by Crippen LogP contribution is -2.46. The minimum absolute atomic E-state index is 0.0488. The van der Waals surface area contributed by atoms with Crippen LogP contribution in [0.3, 0.4) is 0 Å². The normalized spacial score (nSPS) is 14.1. The first-order valence-electron chi connectivity index (χ1n) is 11.2. The highest BCUT2D eigenvalue weighted by molar-refractivity contribution is 5.92. The molecule has 0 aliphatic carbocycles. The number of unbranched alkanes of at least 4 members (excludes halogenated alkanes) is 1. The lowest BCUT2D eigenvalue weighted by atomic mass is 10.2. The van der Waals surface area contributed by atoms with Crippen LogP contribution in [0.4, 0.5) is 11.4 Å². The van der Waals surface area contributed by atoms with E-state index < -0.39 is 0 Å². The molecular formula is C25H33N3O4. The van der Waals surface area contributed by atoms with Crippen LogP contribution < -0.4 is 15.0 Å². The Morgan fingerprint density at radius 2 is 1.66 bits per heavy atom. The van der Waals surface area contributed by atoms with E-state index >= 15 is 0 Å². The van der Waals surface area contributed by atoms with Gasteiger partial charge in [-0.05, 0) is 37.6 Å². The van der Waals surface area contributed by atoms with Gasteiger partial charge in [0, 0.05) is 45.6 Å². The Morgan fingerprint density at radius 1 is 0.938 bits per heavy atom. The molecule has 0 aromatic heterocycles. The molecule has 1 amide bonds. The zero-order chi connectivity index (χ0) is 22.8. The zero-order valence-corrected chi connectivity index (χ0v) is 19.0. The first-order chi connectivity index (χ1) is 15.5. The van der Waals surface area contributed by atoms with Crippen molar-refractivity contribution in [1.82, 2.24) is 4.90 Å². The molecular weight excluding hydrogens is 406 g/mol. The number of para-hydroxylation sites is 3. The van der Waals surface area contributed by atoms with E-state index in [1.807, 2.05) is 42.5 Å². The van der Waals surface area contributed by atoms with Gasteiger partial charge in [-0.3, -0.25) is 14.5 Å². The number of amides is 1. The molecule has 172 valence electrons. The Balaban J connectivity index is 1.37. The molecule has 0 atom stereocenters. The predicted molar refractivity (Wildman–Crippen MR) is 126 cm³/mol. The number of carbonyl (C=O) groups is 2. The molecule has 0 saturated carbocycles. The Morgan fingerprint density at radius 3 is 2.41 bits per heavy atom. The number of piperazine rings is 1. The summed E-state index contributed by atoms with van der Waals surface area (Å²) in [6, 6.07) is 15.7. The van der Waals surface area contributed by atoms with Gasteiger partial charge in [-0.2, -0.15) is 0 Å². The van der Waals surface area contributed by atoms with Crippen LogP contribution in [0.5, 0.6) is 5.75 Å². The van der Waals surface area contributed by atoms with Gasteiger partial charge in [-0.25, -0.2) is 0 Å².